The number of benzene rings is 3. The van der Waals surface area contributed by atoms with Crippen LogP contribution in [0.2, 0.25) is 0 Å². The van der Waals surface area contributed by atoms with E-state index in [4.69, 9.17) is 9.72 Å². The van der Waals surface area contributed by atoms with Gasteiger partial charge >= 0.3 is 0 Å². The lowest BCUT2D eigenvalue weighted by Crippen LogP contribution is -2.42. The minimum absolute atomic E-state index is 0.00875. The van der Waals surface area contributed by atoms with Gasteiger partial charge in [-0.3, -0.25) is 9.59 Å². The van der Waals surface area contributed by atoms with Gasteiger partial charge in [0.25, 0.3) is 5.56 Å². The Kier molecular flexibility index (Phi) is 6.44. The first-order chi connectivity index (χ1) is 17.1. The zero-order valence-corrected chi connectivity index (χ0v) is 19.6. The Balaban J connectivity index is 1.41. The van der Waals surface area contributed by atoms with Crippen molar-refractivity contribution < 1.29 is 9.53 Å². The third-order valence-corrected chi connectivity index (χ3v) is 6.49. The van der Waals surface area contributed by atoms with Crippen molar-refractivity contribution in [2.75, 3.05) is 13.7 Å². The Morgan fingerprint density at radius 1 is 0.971 bits per heavy atom. The molecular weight excluding hydrogens is 438 g/mol. The highest BCUT2D eigenvalue weighted by molar-refractivity contribution is 5.87. The summed E-state index contributed by atoms with van der Waals surface area (Å²) in [6, 6.07) is 27.3. The molecule has 176 valence electrons. The molecule has 6 nitrogen and oxygen atoms in total. The van der Waals surface area contributed by atoms with Gasteiger partial charge in [-0.15, -0.1) is 0 Å². The zero-order valence-electron chi connectivity index (χ0n) is 19.6. The van der Waals surface area contributed by atoms with E-state index in [1.807, 2.05) is 84.9 Å². The van der Waals surface area contributed by atoms with Gasteiger partial charge in [0.1, 0.15) is 11.6 Å². The quantitative estimate of drug-likeness (QED) is 0.466. The number of amides is 1. The maximum atomic E-state index is 13.8. The summed E-state index contributed by atoms with van der Waals surface area (Å²) in [6.07, 6.45) is 1.01. The van der Waals surface area contributed by atoms with Crippen LogP contribution in [0.3, 0.4) is 0 Å². The van der Waals surface area contributed by atoms with E-state index in [1.54, 1.807) is 12.0 Å². The van der Waals surface area contributed by atoms with Crippen LogP contribution in [-0.2, 0) is 24.2 Å². The summed E-state index contributed by atoms with van der Waals surface area (Å²) in [7, 11) is 1.63. The SMILES string of the molecule is COc1ccccc1Cc1nc2c(c(=O)[nH]1)CN(C(=O)C(c1ccccc1)c1ccccc1)CC2. The number of para-hydroxylation sites is 1. The fourth-order valence-corrected chi connectivity index (χ4v) is 4.73. The Labute approximate surface area is 204 Å². The molecule has 0 atom stereocenters. The van der Waals surface area contributed by atoms with Crippen LogP contribution in [0.5, 0.6) is 5.75 Å². The molecule has 5 rings (SSSR count). The minimum atomic E-state index is -0.421. The Morgan fingerprint density at radius 3 is 2.26 bits per heavy atom. The average molecular weight is 466 g/mol. The van der Waals surface area contributed by atoms with E-state index in [1.165, 1.54) is 0 Å². The second-order valence-corrected chi connectivity index (χ2v) is 8.69. The summed E-state index contributed by atoms with van der Waals surface area (Å²) in [5, 5.41) is 0. The second kappa shape index (κ2) is 9.97. The maximum Gasteiger partial charge on any atom is 0.256 e. The standard InChI is InChI=1S/C29H27N3O3/c1-35-25-15-9-8-14-22(25)18-26-30-24-16-17-32(19-23(24)28(33)31-26)29(34)27(20-10-4-2-5-11-20)21-12-6-3-7-13-21/h2-15,27H,16-19H2,1H3,(H,30,31,33). The second-order valence-electron chi connectivity index (χ2n) is 8.69. The van der Waals surface area contributed by atoms with Crippen LogP contribution in [0.15, 0.2) is 89.7 Å². The largest absolute Gasteiger partial charge is 0.496 e. The lowest BCUT2D eigenvalue weighted by Gasteiger charge is -2.31. The lowest BCUT2D eigenvalue weighted by molar-refractivity contribution is -0.132. The molecule has 35 heavy (non-hydrogen) atoms. The summed E-state index contributed by atoms with van der Waals surface area (Å²) < 4.78 is 5.43. The van der Waals surface area contributed by atoms with Crippen molar-refractivity contribution in [3.63, 3.8) is 0 Å². The molecule has 0 aliphatic carbocycles. The van der Waals surface area contributed by atoms with E-state index in [-0.39, 0.29) is 18.0 Å². The summed E-state index contributed by atoms with van der Waals surface area (Å²) >= 11 is 0. The number of fused-ring (bicyclic) bond motifs is 1. The molecule has 0 unspecified atom stereocenters. The van der Waals surface area contributed by atoms with Gasteiger partial charge in [-0.2, -0.15) is 0 Å². The maximum absolute atomic E-state index is 13.8. The molecule has 1 aliphatic heterocycles. The van der Waals surface area contributed by atoms with Crippen LogP contribution in [0.25, 0.3) is 0 Å². The fraction of sp³-hybridized carbons (Fsp3) is 0.207. The number of aromatic amines is 1. The number of rotatable bonds is 6. The van der Waals surface area contributed by atoms with E-state index in [0.29, 0.717) is 30.8 Å². The number of carbonyl (C=O) groups excluding carboxylic acids is 1. The van der Waals surface area contributed by atoms with E-state index in [0.717, 1.165) is 28.1 Å². The van der Waals surface area contributed by atoms with E-state index in [9.17, 15) is 9.59 Å². The van der Waals surface area contributed by atoms with Crippen molar-refractivity contribution in [1.82, 2.24) is 14.9 Å². The lowest BCUT2D eigenvalue weighted by atomic mass is 9.89. The van der Waals surface area contributed by atoms with Crippen LogP contribution in [0.1, 0.15) is 39.7 Å². The third-order valence-electron chi connectivity index (χ3n) is 6.49. The van der Waals surface area contributed by atoms with Crippen molar-refractivity contribution >= 4 is 5.91 Å². The van der Waals surface area contributed by atoms with Gasteiger partial charge in [0.15, 0.2) is 0 Å². The summed E-state index contributed by atoms with van der Waals surface area (Å²) in [5.74, 6) is 0.934. The van der Waals surface area contributed by atoms with Crippen LogP contribution < -0.4 is 10.3 Å². The molecule has 0 saturated carbocycles. The van der Waals surface area contributed by atoms with Crippen LogP contribution in [-0.4, -0.2) is 34.4 Å². The van der Waals surface area contributed by atoms with Gasteiger partial charge < -0.3 is 14.6 Å². The van der Waals surface area contributed by atoms with Crippen molar-refractivity contribution in [1.29, 1.82) is 0 Å². The van der Waals surface area contributed by atoms with Gasteiger partial charge in [-0.05, 0) is 17.2 Å². The van der Waals surface area contributed by atoms with Gasteiger partial charge in [0.05, 0.1) is 30.8 Å². The molecule has 0 saturated heterocycles. The fourth-order valence-electron chi connectivity index (χ4n) is 4.73. The smallest absolute Gasteiger partial charge is 0.256 e. The number of H-pyrrole nitrogens is 1. The van der Waals surface area contributed by atoms with Crippen molar-refractivity contribution in [2.24, 2.45) is 0 Å². The summed E-state index contributed by atoms with van der Waals surface area (Å²) in [5.41, 5.74) is 3.97. The molecule has 1 N–H and O–H groups in total. The van der Waals surface area contributed by atoms with Crippen molar-refractivity contribution in [3.05, 3.63) is 129 Å². The van der Waals surface area contributed by atoms with E-state index >= 15 is 0 Å². The van der Waals surface area contributed by atoms with Crippen LogP contribution in [0, 0.1) is 0 Å². The molecule has 4 aromatic rings. The first kappa shape index (κ1) is 22.6. The van der Waals surface area contributed by atoms with E-state index in [2.05, 4.69) is 4.98 Å². The molecule has 1 aromatic heterocycles. The van der Waals surface area contributed by atoms with Crippen molar-refractivity contribution in [2.45, 2.75) is 25.3 Å². The normalized spacial score (nSPS) is 12.9. The molecule has 0 radical (unpaired) electrons. The number of aromatic nitrogens is 2. The number of nitrogens with zero attached hydrogens (tertiary/aromatic N) is 2. The molecule has 0 bridgehead atoms. The zero-order chi connectivity index (χ0) is 24.2. The van der Waals surface area contributed by atoms with Crippen LogP contribution >= 0.6 is 0 Å². The first-order valence-corrected chi connectivity index (χ1v) is 11.8. The van der Waals surface area contributed by atoms with Gasteiger partial charge in [0, 0.05) is 24.9 Å². The van der Waals surface area contributed by atoms with Gasteiger partial charge in [0.2, 0.25) is 5.91 Å². The molecular formula is C29H27N3O3. The number of hydrogen-bond acceptors (Lipinski definition) is 4. The Morgan fingerprint density at radius 2 is 1.60 bits per heavy atom. The summed E-state index contributed by atoms with van der Waals surface area (Å²) in [6.45, 7) is 0.772. The highest BCUT2D eigenvalue weighted by Gasteiger charge is 2.31. The Bertz CT molecular complexity index is 1340. The average Bonchev–Trinajstić information content (AvgIpc) is 2.90. The first-order valence-electron chi connectivity index (χ1n) is 11.8. The number of methoxy groups -OCH3 is 1. The van der Waals surface area contributed by atoms with Crippen molar-refractivity contribution in [3.8, 4) is 5.75 Å². The van der Waals surface area contributed by atoms with Crippen LogP contribution in [0.4, 0.5) is 0 Å². The highest BCUT2D eigenvalue weighted by atomic mass is 16.5. The molecule has 0 fully saturated rings. The predicted octanol–water partition coefficient (Wildman–Crippen LogP) is 4.09. The molecule has 6 heteroatoms. The molecule has 3 aromatic carbocycles. The van der Waals surface area contributed by atoms with Gasteiger partial charge in [-0.1, -0.05) is 78.9 Å². The topological polar surface area (TPSA) is 75.3 Å². The number of ether oxygens (including phenoxy) is 1. The third kappa shape index (κ3) is 4.73. The molecule has 2 heterocycles. The monoisotopic (exact) mass is 465 g/mol. The number of carbonyl (C=O) groups is 1. The number of nitrogens with one attached hydrogen (secondary N) is 1. The predicted molar refractivity (Wildman–Crippen MR) is 135 cm³/mol. The molecule has 0 spiro atoms. The Hall–Kier alpha value is -4.19. The number of hydrogen-bond donors (Lipinski definition) is 1. The minimum Gasteiger partial charge on any atom is -0.496 e. The summed E-state index contributed by atoms with van der Waals surface area (Å²) in [4.78, 5) is 36.3. The molecule has 1 amide bonds. The highest BCUT2D eigenvalue weighted by Crippen LogP contribution is 2.29. The van der Waals surface area contributed by atoms with E-state index < -0.39 is 5.92 Å². The molecule has 1 aliphatic rings. The van der Waals surface area contributed by atoms with Gasteiger partial charge in [-0.25, -0.2) is 4.98 Å².